The lowest BCUT2D eigenvalue weighted by molar-refractivity contribution is -0.294. The first-order chi connectivity index (χ1) is 6.29. The molecule has 0 bridgehead atoms. The Balaban J connectivity index is 2.78. The molecule has 3 heteroatoms. The molecule has 0 saturated heterocycles. The fourth-order valence-corrected chi connectivity index (χ4v) is 1.23. The van der Waals surface area contributed by atoms with E-state index < -0.39 is 6.10 Å². The van der Waals surface area contributed by atoms with Crippen molar-refractivity contribution in [2.45, 2.75) is 13.0 Å². The SMILES string of the molecule is CC(CO)[C@H](OO)c1ccccc1. The molecule has 0 aromatic heterocycles. The van der Waals surface area contributed by atoms with Gasteiger partial charge in [-0.05, 0) is 5.56 Å². The normalized spacial score (nSPS) is 15.3. The van der Waals surface area contributed by atoms with Gasteiger partial charge < -0.3 is 5.11 Å². The van der Waals surface area contributed by atoms with E-state index in [9.17, 15) is 0 Å². The van der Waals surface area contributed by atoms with E-state index in [0.29, 0.717) is 0 Å². The van der Waals surface area contributed by atoms with Crippen LogP contribution >= 0.6 is 0 Å². The highest BCUT2D eigenvalue weighted by atomic mass is 17.1. The van der Waals surface area contributed by atoms with Gasteiger partial charge in [-0.2, -0.15) is 0 Å². The Kier molecular flexibility index (Phi) is 3.89. The summed E-state index contributed by atoms with van der Waals surface area (Å²) in [5.74, 6) is -0.118. The maximum absolute atomic E-state index is 8.91. The van der Waals surface area contributed by atoms with Gasteiger partial charge in [0.2, 0.25) is 0 Å². The van der Waals surface area contributed by atoms with E-state index in [2.05, 4.69) is 4.89 Å². The van der Waals surface area contributed by atoms with Crippen molar-refractivity contribution in [1.82, 2.24) is 0 Å². The first kappa shape index (κ1) is 10.2. The Bertz CT molecular complexity index is 235. The van der Waals surface area contributed by atoms with Gasteiger partial charge in [-0.25, -0.2) is 4.89 Å². The fraction of sp³-hybridized carbons (Fsp3) is 0.400. The monoisotopic (exact) mass is 182 g/mol. The highest BCUT2D eigenvalue weighted by Gasteiger charge is 2.18. The second-order valence-corrected chi connectivity index (χ2v) is 3.10. The molecule has 0 spiro atoms. The van der Waals surface area contributed by atoms with Crippen molar-refractivity contribution < 1.29 is 15.3 Å². The number of aliphatic hydroxyl groups is 1. The van der Waals surface area contributed by atoms with Crippen LogP contribution in [0.1, 0.15) is 18.6 Å². The highest BCUT2D eigenvalue weighted by molar-refractivity contribution is 5.17. The second-order valence-electron chi connectivity index (χ2n) is 3.10. The molecule has 0 amide bonds. The molecule has 0 radical (unpaired) electrons. The van der Waals surface area contributed by atoms with Gasteiger partial charge in [0.1, 0.15) is 6.10 Å². The molecule has 72 valence electrons. The van der Waals surface area contributed by atoms with Gasteiger partial charge in [-0.3, -0.25) is 5.26 Å². The summed E-state index contributed by atoms with van der Waals surface area (Å²) in [6.45, 7) is 1.80. The third-order valence-electron chi connectivity index (χ3n) is 2.05. The topological polar surface area (TPSA) is 49.7 Å². The number of rotatable bonds is 4. The van der Waals surface area contributed by atoms with Crippen molar-refractivity contribution >= 4 is 0 Å². The average molecular weight is 182 g/mol. The summed E-state index contributed by atoms with van der Waals surface area (Å²) >= 11 is 0. The van der Waals surface area contributed by atoms with Crippen molar-refractivity contribution in [2.75, 3.05) is 6.61 Å². The van der Waals surface area contributed by atoms with Crippen molar-refractivity contribution in [1.29, 1.82) is 0 Å². The standard InChI is InChI=1S/C10H14O3/c1-8(7-11)10(13-12)9-5-3-2-4-6-9/h2-6,8,10-12H,7H2,1H3/t8?,10-/m0/s1. The van der Waals surface area contributed by atoms with Crippen molar-refractivity contribution in [3.8, 4) is 0 Å². The van der Waals surface area contributed by atoms with Crippen LogP contribution in [-0.2, 0) is 4.89 Å². The molecule has 0 heterocycles. The Hall–Kier alpha value is -0.900. The average Bonchev–Trinajstić information content (AvgIpc) is 2.20. The van der Waals surface area contributed by atoms with Crippen LogP contribution in [0.25, 0.3) is 0 Å². The largest absolute Gasteiger partial charge is 0.396 e. The summed E-state index contributed by atoms with van der Waals surface area (Å²) in [5.41, 5.74) is 0.867. The minimum Gasteiger partial charge on any atom is -0.396 e. The molecule has 2 atom stereocenters. The maximum atomic E-state index is 8.91. The van der Waals surface area contributed by atoms with E-state index in [-0.39, 0.29) is 12.5 Å². The van der Waals surface area contributed by atoms with Gasteiger partial charge in [-0.1, -0.05) is 37.3 Å². The van der Waals surface area contributed by atoms with E-state index in [1.807, 2.05) is 37.3 Å². The van der Waals surface area contributed by atoms with Crippen molar-refractivity contribution in [3.05, 3.63) is 35.9 Å². The minimum absolute atomic E-state index is 0.0138. The lowest BCUT2D eigenvalue weighted by Gasteiger charge is -2.18. The number of aliphatic hydroxyl groups excluding tert-OH is 1. The summed E-state index contributed by atoms with van der Waals surface area (Å²) in [7, 11) is 0. The zero-order valence-electron chi connectivity index (χ0n) is 7.55. The van der Waals surface area contributed by atoms with Crippen LogP contribution in [0.5, 0.6) is 0 Å². The third kappa shape index (κ3) is 2.52. The molecule has 0 aliphatic heterocycles. The molecule has 1 rings (SSSR count). The van der Waals surface area contributed by atoms with Gasteiger partial charge in [0.25, 0.3) is 0 Å². The molecular formula is C10H14O3. The molecule has 0 aliphatic rings. The first-order valence-electron chi connectivity index (χ1n) is 4.25. The molecule has 1 aromatic rings. The van der Waals surface area contributed by atoms with Gasteiger partial charge in [0.05, 0.1) is 0 Å². The summed E-state index contributed by atoms with van der Waals surface area (Å²) in [5, 5.41) is 17.6. The predicted octanol–water partition coefficient (Wildman–Crippen LogP) is 1.85. The summed E-state index contributed by atoms with van der Waals surface area (Å²) in [4.78, 5) is 4.33. The smallest absolute Gasteiger partial charge is 0.122 e. The minimum atomic E-state index is -0.453. The Labute approximate surface area is 77.5 Å². The van der Waals surface area contributed by atoms with E-state index in [0.717, 1.165) is 5.56 Å². The van der Waals surface area contributed by atoms with E-state index in [1.165, 1.54) is 0 Å². The van der Waals surface area contributed by atoms with Crippen LogP contribution in [0.15, 0.2) is 30.3 Å². The third-order valence-corrected chi connectivity index (χ3v) is 2.05. The van der Waals surface area contributed by atoms with E-state index in [4.69, 9.17) is 10.4 Å². The molecule has 0 aliphatic carbocycles. The predicted molar refractivity (Wildman–Crippen MR) is 49.1 cm³/mol. The summed E-state index contributed by atoms with van der Waals surface area (Å²) in [6.07, 6.45) is -0.453. The Morgan fingerprint density at radius 2 is 1.92 bits per heavy atom. The van der Waals surface area contributed by atoms with Gasteiger partial charge in [0.15, 0.2) is 0 Å². The first-order valence-corrected chi connectivity index (χ1v) is 4.25. The van der Waals surface area contributed by atoms with Crippen LogP contribution in [-0.4, -0.2) is 17.0 Å². The van der Waals surface area contributed by atoms with Gasteiger partial charge in [-0.15, -0.1) is 0 Å². The van der Waals surface area contributed by atoms with Crippen LogP contribution in [0, 0.1) is 5.92 Å². The van der Waals surface area contributed by atoms with Gasteiger partial charge in [0, 0.05) is 12.5 Å². The van der Waals surface area contributed by atoms with Crippen molar-refractivity contribution in [3.63, 3.8) is 0 Å². The van der Waals surface area contributed by atoms with Crippen LogP contribution < -0.4 is 0 Å². The molecule has 0 fully saturated rings. The molecule has 1 aromatic carbocycles. The Morgan fingerprint density at radius 3 is 2.38 bits per heavy atom. The number of hydrogen-bond acceptors (Lipinski definition) is 3. The molecule has 1 unspecified atom stereocenters. The van der Waals surface area contributed by atoms with Gasteiger partial charge >= 0.3 is 0 Å². The maximum Gasteiger partial charge on any atom is 0.122 e. The molecule has 2 N–H and O–H groups in total. The summed E-state index contributed by atoms with van der Waals surface area (Å²) < 4.78 is 0. The number of hydrogen-bond donors (Lipinski definition) is 2. The van der Waals surface area contributed by atoms with Crippen LogP contribution in [0.2, 0.25) is 0 Å². The molecule has 3 nitrogen and oxygen atoms in total. The quantitative estimate of drug-likeness (QED) is 0.552. The Morgan fingerprint density at radius 1 is 1.31 bits per heavy atom. The number of benzene rings is 1. The molecule has 0 saturated carbocycles. The van der Waals surface area contributed by atoms with Crippen LogP contribution in [0.4, 0.5) is 0 Å². The summed E-state index contributed by atoms with van der Waals surface area (Å²) in [6, 6.07) is 9.33. The van der Waals surface area contributed by atoms with E-state index in [1.54, 1.807) is 0 Å². The fourth-order valence-electron chi connectivity index (χ4n) is 1.23. The second kappa shape index (κ2) is 4.97. The van der Waals surface area contributed by atoms with Crippen molar-refractivity contribution in [2.24, 2.45) is 5.92 Å². The van der Waals surface area contributed by atoms with E-state index >= 15 is 0 Å². The zero-order valence-corrected chi connectivity index (χ0v) is 7.55. The highest BCUT2D eigenvalue weighted by Crippen LogP contribution is 2.24. The lowest BCUT2D eigenvalue weighted by atomic mass is 9.98. The van der Waals surface area contributed by atoms with Crippen LogP contribution in [0.3, 0.4) is 0 Å². The molecular weight excluding hydrogens is 168 g/mol. The molecule has 13 heavy (non-hydrogen) atoms. The zero-order chi connectivity index (χ0) is 9.68. The lowest BCUT2D eigenvalue weighted by Crippen LogP contribution is -2.15.